The van der Waals surface area contributed by atoms with Gasteiger partial charge in [-0.3, -0.25) is 4.79 Å². The van der Waals surface area contributed by atoms with E-state index in [1.165, 1.54) is 6.42 Å². The van der Waals surface area contributed by atoms with Crippen molar-refractivity contribution >= 4 is 29.0 Å². The molecule has 23 heavy (non-hydrogen) atoms. The summed E-state index contributed by atoms with van der Waals surface area (Å²) in [6.07, 6.45) is 2.33. The van der Waals surface area contributed by atoms with Crippen molar-refractivity contribution in [1.82, 2.24) is 15.6 Å². The van der Waals surface area contributed by atoms with E-state index >= 15 is 0 Å². The first-order chi connectivity index (χ1) is 11.2. The lowest BCUT2D eigenvalue weighted by atomic mass is 10.2. The van der Waals surface area contributed by atoms with Gasteiger partial charge in [0.05, 0.1) is 16.3 Å². The van der Waals surface area contributed by atoms with Crippen molar-refractivity contribution in [3.05, 3.63) is 45.9 Å². The van der Waals surface area contributed by atoms with Gasteiger partial charge in [0.2, 0.25) is 0 Å². The van der Waals surface area contributed by atoms with Crippen LogP contribution in [0.25, 0.3) is 0 Å². The molecule has 1 saturated heterocycles. The maximum Gasteiger partial charge on any atom is 0.252 e. The van der Waals surface area contributed by atoms with E-state index in [2.05, 4.69) is 21.0 Å². The number of aromatic nitrogens is 1. The van der Waals surface area contributed by atoms with E-state index in [-0.39, 0.29) is 5.91 Å². The van der Waals surface area contributed by atoms with E-state index in [4.69, 9.17) is 0 Å². The molecule has 1 aliphatic rings. The van der Waals surface area contributed by atoms with Crippen LogP contribution in [0.15, 0.2) is 34.5 Å². The fourth-order valence-electron chi connectivity index (χ4n) is 2.65. The van der Waals surface area contributed by atoms with E-state index in [0.29, 0.717) is 12.6 Å². The molecule has 6 heteroatoms. The van der Waals surface area contributed by atoms with Gasteiger partial charge >= 0.3 is 0 Å². The Balaban J connectivity index is 1.60. The van der Waals surface area contributed by atoms with Crippen molar-refractivity contribution in [2.24, 2.45) is 0 Å². The molecular formula is C17H21N3OS2. The summed E-state index contributed by atoms with van der Waals surface area (Å²) in [7, 11) is 0. The highest BCUT2D eigenvalue weighted by atomic mass is 32.2. The number of carbonyl (C=O) groups excluding carboxylic acids is 1. The van der Waals surface area contributed by atoms with Crippen LogP contribution < -0.4 is 10.6 Å². The molecular weight excluding hydrogens is 326 g/mol. The fraction of sp³-hybridized carbons (Fsp3) is 0.412. The third-order valence-electron chi connectivity index (χ3n) is 3.85. The van der Waals surface area contributed by atoms with Crippen LogP contribution in [0.2, 0.25) is 0 Å². The second-order valence-corrected chi connectivity index (χ2v) is 7.73. The minimum absolute atomic E-state index is 0.0104. The smallest absolute Gasteiger partial charge is 0.252 e. The van der Waals surface area contributed by atoms with Crippen LogP contribution in [-0.4, -0.2) is 30.0 Å². The molecule has 0 radical (unpaired) electrons. The molecule has 2 N–H and O–H groups in total. The molecule has 1 amide bonds. The van der Waals surface area contributed by atoms with E-state index in [1.54, 1.807) is 23.1 Å². The number of hydrogen-bond acceptors (Lipinski definition) is 5. The Labute approximate surface area is 145 Å². The van der Waals surface area contributed by atoms with E-state index < -0.39 is 0 Å². The molecule has 1 unspecified atom stereocenters. The second kappa shape index (κ2) is 7.95. The largest absolute Gasteiger partial charge is 0.350 e. The Hall–Kier alpha value is -1.37. The third-order valence-corrected chi connectivity index (χ3v) is 5.77. The number of thioether (sulfide) groups is 1. The molecule has 4 nitrogen and oxygen atoms in total. The van der Waals surface area contributed by atoms with Gasteiger partial charge < -0.3 is 10.6 Å². The first-order valence-corrected chi connectivity index (χ1v) is 9.73. The Morgan fingerprint density at radius 3 is 3.09 bits per heavy atom. The summed E-state index contributed by atoms with van der Waals surface area (Å²) in [4.78, 5) is 18.0. The molecule has 0 bridgehead atoms. The van der Waals surface area contributed by atoms with Gasteiger partial charge in [0, 0.05) is 28.6 Å². The van der Waals surface area contributed by atoms with Gasteiger partial charge in [-0.25, -0.2) is 4.98 Å². The minimum Gasteiger partial charge on any atom is -0.350 e. The average Bonchev–Trinajstić information content (AvgIpc) is 3.22. The summed E-state index contributed by atoms with van der Waals surface area (Å²) >= 11 is 3.33. The van der Waals surface area contributed by atoms with Gasteiger partial charge in [-0.1, -0.05) is 12.1 Å². The van der Waals surface area contributed by atoms with Crippen LogP contribution in [0, 0.1) is 6.92 Å². The molecule has 122 valence electrons. The Morgan fingerprint density at radius 1 is 1.48 bits per heavy atom. The van der Waals surface area contributed by atoms with E-state index in [0.717, 1.165) is 39.9 Å². The second-order valence-electron chi connectivity index (χ2n) is 5.65. The maximum absolute atomic E-state index is 12.5. The zero-order valence-corrected chi connectivity index (χ0v) is 14.8. The first kappa shape index (κ1) is 16.5. The molecule has 3 rings (SSSR count). The molecule has 1 aromatic carbocycles. The third kappa shape index (κ3) is 4.56. The maximum atomic E-state index is 12.5. The van der Waals surface area contributed by atoms with Crippen molar-refractivity contribution < 1.29 is 4.79 Å². The molecule has 0 spiro atoms. The number of thiazole rings is 1. The first-order valence-electron chi connectivity index (χ1n) is 7.87. The SMILES string of the molecule is Cc1nc(CSc2ccccc2C(=O)NCC2CCCN2)cs1. The summed E-state index contributed by atoms with van der Waals surface area (Å²) in [5.41, 5.74) is 1.82. The van der Waals surface area contributed by atoms with Gasteiger partial charge in [0.25, 0.3) is 5.91 Å². The predicted molar refractivity (Wildman–Crippen MR) is 96.2 cm³/mol. The van der Waals surface area contributed by atoms with Crippen molar-refractivity contribution in [3.63, 3.8) is 0 Å². The van der Waals surface area contributed by atoms with Crippen LogP contribution in [0.4, 0.5) is 0 Å². The van der Waals surface area contributed by atoms with Crippen LogP contribution in [0.3, 0.4) is 0 Å². The Kier molecular flexibility index (Phi) is 5.70. The van der Waals surface area contributed by atoms with Gasteiger partial charge in [0.1, 0.15) is 0 Å². The molecule has 1 aromatic heterocycles. The lowest BCUT2D eigenvalue weighted by molar-refractivity contribution is 0.0947. The van der Waals surface area contributed by atoms with Crippen LogP contribution in [-0.2, 0) is 5.75 Å². The van der Waals surface area contributed by atoms with E-state index in [9.17, 15) is 4.79 Å². The molecule has 0 saturated carbocycles. The van der Waals surface area contributed by atoms with E-state index in [1.807, 2.05) is 31.2 Å². The lowest BCUT2D eigenvalue weighted by Gasteiger charge is -2.13. The summed E-state index contributed by atoms with van der Waals surface area (Å²) < 4.78 is 0. The predicted octanol–water partition coefficient (Wildman–Crippen LogP) is 3.23. The highest BCUT2D eigenvalue weighted by molar-refractivity contribution is 7.98. The zero-order valence-electron chi connectivity index (χ0n) is 13.2. The lowest BCUT2D eigenvalue weighted by Crippen LogP contribution is -2.37. The topological polar surface area (TPSA) is 54.0 Å². The van der Waals surface area contributed by atoms with Gasteiger partial charge in [-0.2, -0.15) is 0 Å². The average molecular weight is 348 g/mol. The molecule has 2 aromatic rings. The monoisotopic (exact) mass is 347 g/mol. The number of nitrogens with one attached hydrogen (secondary N) is 2. The summed E-state index contributed by atoms with van der Waals surface area (Å²) in [5.74, 6) is 0.801. The summed E-state index contributed by atoms with van der Waals surface area (Å²) in [6, 6.07) is 8.21. The Morgan fingerprint density at radius 2 is 2.35 bits per heavy atom. The fourth-order valence-corrected chi connectivity index (χ4v) is 4.31. The van der Waals surface area contributed by atoms with Crippen LogP contribution >= 0.6 is 23.1 Å². The Bertz CT molecular complexity index is 665. The zero-order chi connectivity index (χ0) is 16.1. The molecule has 1 atom stereocenters. The number of nitrogens with zero attached hydrogens (tertiary/aromatic N) is 1. The highest BCUT2D eigenvalue weighted by Crippen LogP contribution is 2.26. The number of carbonyl (C=O) groups is 1. The van der Waals surface area contributed by atoms with Crippen LogP contribution in [0.5, 0.6) is 0 Å². The van der Waals surface area contributed by atoms with Crippen molar-refractivity contribution in [2.75, 3.05) is 13.1 Å². The number of rotatable bonds is 6. The van der Waals surface area contributed by atoms with Gasteiger partial charge in [-0.05, 0) is 38.4 Å². The van der Waals surface area contributed by atoms with Crippen molar-refractivity contribution in [3.8, 4) is 0 Å². The quantitative estimate of drug-likeness (QED) is 0.788. The highest BCUT2D eigenvalue weighted by Gasteiger charge is 2.17. The number of hydrogen-bond donors (Lipinski definition) is 2. The van der Waals surface area contributed by atoms with Crippen molar-refractivity contribution in [1.29, 1.82) is 0 Å². The molecule has 1 fully saturated rings. The van der Waals surface area contributed by atoms with Crippen molar-refractivity contribution in [2.45, 2.75) is 36.5 Å². The summed E-state index contributed by atoms with van der Waals surface area (Å²) in [5, 5.41) is 9.61. The molecule has 2 heterocycles. The number of aryl methyl sites for hydroxylation is 1. The molecule has 1 aliphatic heterocycles. The minimum atomic E-state index is 0.0104. The molecule has 0 aliphatic carbocycles. The standard InChI is InChI=1S/C17H21N3OS2/c1-12-20-14(10-22-12)11-23-16-7-3-2-6-15(16)17(21)19-9-13-5-4-8-18-13/h2-3,6-7,10,13,18H,4-5,8-9,11H2,1H3,(H,19,21). The normalized spacial score (nSPS) is 17.3. The van der Waals surface area contributed by atoms with Gasteiger partial charge in [0.15, 0.2) is 0 Å². The summed E-state index contributed by atoms with van der Waals surface area (Å²) in [6.45, 7) is 3.76. The number of benzene rings is 1. The van der Waals surface area contributed by atoms with Gasteiger partial charge in [-0.15, -0.1) is 23.1 Å². The van der Waals surface area contributed by atoms with Crippen LogP contribution in [0.1, 0.15) is 33.9 Å². The number of amides is 1.